The third-order valence-electron chi connectivity index (χ3n) is 4.80. The van der Waals surface area contributed by atoms with Gasteiger partial charge in [-0.05, 0) is 49.7 Å². The summed E-state index contributed by atoms with van der Waals surface area (Å²) in [5.74, 6) is 0.0560. The number of nitrogens with one attached hydrogen (secondary N) is 2. The van der Waals surface area contributed by atoms with Crippen molar-refractivity contribution in [2.75, 3.05) is 11.9 Å². The van der Waals surface area contributed by atoms with Gasteiger partial charge in [-0.25, -0.2) is 9.78 Å². The maximum atomic E-state index is 12.0. The first kappa shape index (κ1) is 22.0. The van der Waals surface area contributed by atoms with Gasteiger partial charge in [-0.2, -0.15) is 5.26 Å². The summed E-state index contributed by atoms with van der Waals surface area (Å²) in [6.45, 7) is 3.89. The molecule has 1 aromatic carbocycles. The second kappa shape index (κ2) is 9.54. The van der Waals surface area contributed by atoms with Crippen molar-refractivity contribution < 1.29 is 9.59 Å². The summed E-state index contributed by atoms with van der Waals surface area (Å²) in [5, 5.41) is 15.0. The van der Waals surface area contributed by atoms with Gasteiger partial charge in [0.25, 0.3) is 0 Å². The topological polar surface area (TPSA) is 121 Å². The molecule has 0 saturated heterocycles. The lowest BCUT2D eigenvalue weighted by atomic mass is 10.0. The quantitative estimate of drug-likeness (QED) is 0.439. The van der Waals surface area contributed by atoms with E-state index in [-0.39, 0.29) is 11.8 Å². The molecule has 4 aromatic rings. The zero-order valence-corrected chi connectivity index (χ0v) is 18.9. The zero-order valence-electron chi connectivity index (χ0n) is 18.0. The number of rotatable bonds is 6. The lowest BCUT2D eigenvalue weighted by Gasteiger charge is -2.08. The maximum Gasteiger partial charge on any atom is 0.321 e. The van der Waals surface area contributed by atoms with E-state index in [0.717, 1.165) is 21.4 Å². The molecule has 0 fully saturated rings. The Hall–Kier alpha value is -4.16. The van der Waals surface area contributed by atoms with E-state index >= 15 is 0 Å². The molecule has 0 bridgehead atoms. The first-order valence-electron chi connectivity index (χ1n) is 10.3. The summed E-state index contributed by atoms with van der Waals surface area (Å²) in [5.41, 5.74) is 5.16. The largest absolute Gasteiger partial charge is 0.338 e. The number of ketones is 1. The standard InChI is InChI=1S/C24H20N6O2S/c1-3-26-23(32)30-24-29-21-10-17(16-5-6-18(27-13-16)8-14(2)31)9-19(22(21)33-24)20-7-4-15(11-25)12-28-20/h4-7,9-10,12-13H,3,8H2,1-2H3,(H2,26,29,30,32). The molecule has 8 nitrogen and oxygen atoms in total. The zero-order chi connectivity index (χ0) is 23.4. The number of pyridine rings is 2. The Morgan fingerprint density at radius 2 is 1.94 bits per heavy atom. The number of thiazole rings is 1. The number of anilines is 1. The van der Waals surface area contributed by atoms with E-state index in [1.54, 1.807) is 18.3 Å². The molecular weight excluding hydrogens is 436 g/mol. The smallest absolute Gasteiger partial charge is 0.321 e. The number of Topliss-reactive ketones (excluding diaryl/α,β-unsaturated/α-hetero) is 1. The Labute approximate surface area is 194 Å². The number of carbonyl (C=O) groups excluding carboxylic acids is 2. The Balaban J connectivity index is 1.81. The molecule has 2 amide bonds. The molecule has 0 spiro atoms. The van der Waals surface area contributed by atoms with E-state index in [1.807, 2.05) is 31.2 Å². The van der Waals surface area contributed by atoms with Gasteiger partial charge in [0.05, 0.1) is 21.5 Å². The number of benzene rings is 1. The number of nitrogens with zero attached hydrogens (tertiary/aromatic N) is 4. The van der Waals surface area contributed by atoms with Gasteiger partial charge < -0.3 is 5.32 Å². The number of carbonyl (C=O) groups is 2. The number of hydrogen-bond donors (Lipinski definition) is 2. The van der Waals surface area contributed by atoms with E-state index < -0.39 is 0 Å². The summed E-state index contributed by atoms with van der Waals surface area (Å²) in [4.78, 5) is 36.8. The molecule has 33 heavy (non-hydrogen) atoms. The van der Waals surface area contributed by atoms with Crippen molar-refractivity contribution in [1.82, 2.24) is 20.3 Å². The second-order valence-electron chi connectivity index (χ2n) is 7.34. The van der Waals surface area contributed by atoms with Gasteiger partial charge in [0.2, 0.25) is 0 Å². The second-order valence-corrected chi connectivity index (χ2v) is 8.34. The summed E-state index contributed by atoms with van der Waals surface area (Å²) in [7, 11) is 0. The first-order chi connectivity index (χ1) is 16.0. The molecular formula is C24H20N6O2S. The van der Waals surface area contributed by atoms with E-state index in [2.05, 4.69) is 31.7 Å². The molecule has 0 radical (unpaired) electrons. The predicted octanol–water partition coefficient (Wildman–Crippen LogP) is 4.56. The molecule has 4 rings (SSSR count). The maximum absolute atomic E-state index is 12.0. The average Bonchev–Trinajstić information content (AvgIpc) is 3.21. The minimum atomic E-state index is -0.319. The highest BCUT2D eigenvalue weighted by Crippen LogP contribution is 2.38. The molecule has 0 aliphatic heterocycles. The van der Waals surface area contributed by atoms with Gasteiger partial charge in [-0.3, -0.25) is 20.1 Å². The minimum Gasteiger partial charge on any atom is -0.338 e. The highest BCUT2D eigenvalue weighted by atomic mass is 32.1. The molecule has 0 atom stereocenters. The molecule has 9 heteroatoms. The number of urea groups is 1. The van der Waals surface area contributed by atoms with E-state index in [4.69, 9.17) is 5.26 Å². The summed E-state index contributed by atoms with van der Waals surface area (Å²) < 4.78 is 0.865. The molecule has 2 N–H and O–H groups in total. The Bertz CT molecular complexity index is 1370. The highest BCUT2D eigenvalue weighted by Gasteiger charge is 2.15. The van der Waals surface area contributed by atoms with Gasteiger partial charge in [-0.1, -0.05) is 17.4 Å². The fourth-order valence-electron chi connectivity index (χ4n) is 3.32. The van der Waals surface area contributed by atoms with E-state index in [0.29, 0.717) is 40.6 Å². The van der Waals surface area contributed by atoms with Crippen LogP contribution in [0.1, 0.15) is 25.1 Å². The van der Waals surface area contributed by atoms with Crippen LogP contribution in [0.25, 0.3) is 32.6 Å². The van der Waals surface area contributed by atoms with Crippen molar-refractivity contribution >= 4 is 38.5 Å². The van der Waals surface area contributed by atoms with Crippen LogP contribution in [0.15, 0.2) is 48.8 Å². The Kier molecular flexibility index (Phi) is 6.38. The van der Waals surface area contributed by atoms with Crippen LogP contribution in [-0.4, -0.2) is 33.3 Å². The predicted molar refractivity (Wildman–Crippen MR) is 128 cm³/mol. The van der Waals surface area contributed by atoms with Crippen LogP contribution in [0.3, 0.4) is 0 Å². The van der Waals surface area contributed by atoms with E-state index in [1.165, 1.54) is 24.5 Å². The van der Waals surface area contributed by atoms with E-state index in [9.17, 15) is 9.59 Å². The lowest BCUT2D eigenvalue weighted by molar-refractivity contribution is -0.116. The summed E-state index contributed by atoms with van der Waals surface area (Å²) in [6.07, 6.45) is 3.55. The third kappa shape index (κ3) is 5.02. The van der Waals surface area contributed by atoms with Crippen molar-refractivity contribution in [3.05, 3.63) is 60.0 Å². The van der Waals surface area contributed by atoms with Crippen LogP contribution >= 0.6 is 11.3 Å². The highest BCUT2D eigenvalue weighted by molar-refractivity contribution is 7.22. The van der Waals surface area contributed by atoms with Gasteiger partial charge in [-0.15, -0.1) is 0 Å². The Morgan fingerprint density at radius 1 is 1.09 bits per heavy atom. The molecule has 3 heterocycles. The van der Waals surface area contributed by atoms with Gasteiger partial charge >= 0.3 is 6.03 Å². The van der Waals surface area contributed by atoms with Crippen LogP contribution in [0, 0.1) is 11.3 Å². The molecule has 164 valence electrons. The number of fused-ring (bicyclic) bond motifs is 1. The summed E-state index contributed by atoms with van der Waals surface area (Å²) in [6, 6.07) is 13.0. The molecule has 0 aliphatic carbocycles. The van der Waals surface area contributed by atoms with Crippen molar-refractivity contribution in [2.24, 2.45) is 0 Å². The Morgan fingerprint density at radius 3 is 2.58 bits per heavy atom. The van der Waals surface area contributed by atoms with Gasteiger partial charge in [0.15, 0.2) is 5.13 Å². The third-order valence-corrected chi connectivity index (χ3v) is 5.82. The van der Waals surface area contributed by atoms with Crippen LogP contribution in [0.5, 0.6) is 0 Å². The average molecular weight is 457 g/mol. The number of aromatic nitrogens is 3. The van der Waals surface area contributed by atoms with Crippen LogP contribution in [-0.2, 0) is 11.2 Å². The number of amides is 2. The van der Waals surface area contributed by atoms with Crippen molar-refractivity contribution in [2.45, 2.75) is 20.3 Å². The number of hydrogen-bond acceptors (Lipinski definition) is 7. The lowest BCUT2D eigenvalue weighted by Crippen LogP contribution is -2.28. The van der Waals surface area contributed by atoms with Crippen LogP contribution in [0.2, 0.25) is 0 Å². The molecule has 0 unspecified atom stereocenters. The molecule has 0 aliphatic rings. The van der Waals surface area contributed by atoms with Crippen molar-refractivity contribution in [1.29, 1.82) is 5.26 Å². The SMILES string of the molecule is CCNC(=O)Nc1nc2cc(-c3ccc(CC(C)=O)nc3)cc(-c3ccc(C#N)cn3)c2s1. The fraction of sp³-hybridized carbons (Fsp3) is 0.167. The fourth-order valence-corrected chi connectivity index (χ4v) is 4.28. The monoisotopic (exact) mass is 456 g/mol. The van der Waals surface area contributed by atoms with Crippen LogP contribution in [0.4, 0.5) is 9.93 Å². The first-order valence-corrected chi connectivity index (χ1v) is 11.1. The van der Waals surface area contributed by atoms with Crippen molar-refractivity contribution in [3.63, 3.8) is 0 Å². The minimum absolute atomic E-state index is 0.0560. The summed E-state index contributed by atoms with van der Waals surface area (Å²) >= 11 is 1.35. The normalized spacial score (nSPS) is 10.6. The molecule has 0 saturated carbocycles. The van der Waals surface area contributed by atoms with Crippen molar-refractivity contribution in [3.8, 4) is 28.5 Å². The van der Waals surface area contributed by atoms with Crippen LogP contribution < -0.4 is 10.6 Å². The van der Waals surface area contributed by atoms with Gasteiger partial charge in [0, 0.05) is 42.2 Å². The molecule has 3 aromatic heterocycles. The van der Waals surface area contributed by atoms with Gasteiger partial charge in [0.1, 0.15) is 11.9 Å². The number of nitriles is 1.